The molecule has 2 aliphatic heterocycles. The molecule has 2 fully saturated rings. The zero-order valence-electron chi connectivity index (χ0n) is 24.7. The molecule has 2 aliphatic rings. The second kappa shape index (κ2) is 12.2. The van der Waals surface area contributed by atoms with Crippen molar-refractivity contribution < 1.29 is 9.21 Å². The van der Waals surface area contributed by atoms with Gasteiger partial charge < -0.3 is 19.5 Å². The number of hydrogen-bond acceptors (Lipinski definition) is 4. The summed E-state index contributed by atoms with van der Waals surface area (Å²) >= 11 is 0. The Kier molecular flexibility index (Phi) is 8.69. The predicted octanol–water partition coefficient (Wildman–Crippen LogP) is 6.19. The van der Waals surface area contributed by atoms with Gasteiger partial charge in [-0.25, -0.2) is 9.59 Å². The zero-order valence-corrected chi connectivity index (χ0v) is 24.7. The monoisotopic (exact) mass is 546 g/mol. The molecule has 7 nitrogen and oxygen atoms in total. The molecule has 7 heteroatoms. The topological polar surface area (TPSA) is 70.7 Å². The molecular weight excluding hydrogens is 500 g/mol. The van der Waals surface area contributed by atoms with Gasteiger partial charge in [-0.1, -0.05) is 57.2 Å². The first-order valence-corrected chi connectivity index (χ1v) is 15.1. The molecule has 1 N–H and O–H groups in total. The molecule has 2 unspecified atom stereocenters. The van der Waals surface area contributed by atoms with E-state index in [4.69, 9.17) is 4.42 Å². The van der Waals surface area contributed by atoms with E-state index >= 15 is 0 Å². The van der Waals surface area contributed by atoms with Crippen LogP contribution < -0.4 is 11.1 Å². The second-order valence-electron chi connectivity index (χ2n) is 13.0. The van der Waals surface area contributed by atoms with E-state index in [0.29, 0.717) is 18.0 Å². The van der Waals surface area contributed by atoms with Gasteiger partial charge in [0.2, 0.25) is 0 Å². The standard InChI is InChI=1S/C33H46N4O3/c1-33(2,3)30-23-26(15-21-36(30)31(38)34-18-9-8-12-24-10-6-5-7-11-24)25-13-14-28-29(22-25)40-32(39)37(28)27-16-19-35(4)20-17-27/h5-7,10-11,13-14,22,26-27,30H,8-9,12,15-21,23H2,1-4H3,(H,34,38). The summed E-state index contributed by atoms with van der Waals surface area (Å²) in [4.78, 5) is 30.5. The van der Waals surface area contributed by atoms with Crippen LogP contribution >= 0.6 is 0 Å². The third kappa shape index (κ3) is 6.46. The van der Waals surface area contributed by atoms with Crippen molar-refractivity contribution in [2.24, 2.45) is 5.41 Å². The quantitative estimate of drug-likeness (QED) is 0.359. The lowest BCUT2D eigenvalue weighted by Gasteiger charge is -2.46. The molecule has 2 amide bonds. The summed E-state index contributed by atoms with van der Waals surface area (Å²) in [5, 5.41) is 3.19. The van der Waals surface area contributed by atoms with Crippen molar-refractivity contribution in [1.29, 1.82) is 0 Å². The molecule has 216 valence electrons. The van der Waals surface area contributed by atoms with Crippen LogP contribution in [0.1, 0.15) is 82.4 Å². The number of piperidine rings is 2. The van der Waals surface area contributed by atoms with Gasteiger partial charge in [-0.05, 0) is 99.7 Å². The van der Waals surface area contributed by atoms with Crippen LogP contribution in [0.2, 0.25) is 0 Å². The van der Waals surface area contributed by atoms with Crippen LogP contribution in [0.3, 0.4) is 0 Å². The molecule has 0 spiro atoms. The van der Waals surface area contributed by atoms with Crippen LogP contribution in [0, 0.1) is 5.41 Å². The number of likely N-dealkylation sites (tertiary alicyclic amines) is 2. The fraction of sp³-hybridized carbons (Fsp3) is 0.576. The number of unbranched alkanes of at least 4 members (excludes halogenated alkanes) is 1. The lowest BCUT2D eigenvalue weighted by atomic mass is 9.75. The molecule has 0 radical (unpaired) electrons. The number of amides is 2. The third-order valence-electron chi connectivity index (χ3n) is 9.04. The highest BCUT2D eigenvalue weighted by molar-refractivity contribution is 5.75. The molecule has 0 bridgehead atoms. The van der Waals surface area contributed by atoms with Gasteiger partial charge in [-0.3, -0.25) is 4.57 Å². The van der Waals surface area contributed by atoms with Crippen molar-refractivity contribution in [2.45, 2.75) is 83.7 Å². The van der Waals surface area contributed by atoms with Crippen LogP contribution in [0.4, 0.5) is 4.79 Å². The fourth-order valence-electron chi connectivity index (χ4n) is 6.63. The first-order valence-electron chi connectivity index (χ1n) is 15.1. The summed E-state index contributed by atoms with van der Waals surface area (Å²) in [5.41, 5.74) is 4.09. The molecule has 5 rings (SSSR count). The van der Waals surface area contributed by atoms with E-state index in [2.05, 4.69) is 85.4 Å². The molecular formula is C33H46N4O3. The van der Waals surface area contributed by atoms with Gasteiger partial charge >= 0.3 is 11.8 Å². The number of rotatable bonds is 7. The number of carbonyl (C=O) groups excluding carboxylic acids is 1. The maximum Gasteiger partial charge on any atom is 0.420 e. The largest absolute Gasteiger partial charge is 0.420 e. The van der Waals surface area contributed by atoms with Gasteiger partial charge in [0.1, 0.15) is 0 Å². The maximum atomic E-state index is 13.3. The number of aryl methyl sites for hydroxylation is 1. The van der Waals surface area contributed by atoms with Crippen molar-refractivity contribution in [2.75, 3.05) is 33.2 Å². The first-order chi connectivity index (χ1) is 19.2. The highest BCUT2D eigenvalue weighted by atomic mass is 16.4. The SMILES string of the molecule is CN1CCC(n2c(=O)oc3cc(C4CCN(C(=O)NCCCCc5ccccc5)C(C(C)(C)C)C4)ccc32)CC1. The molecule has 40 heavy (non-hydrogen) atoms. The summed E-state index contributed by atoms with van der Waals surface area (Å²) in [6, 6.07) is 17.2. The Bertz CT molecular complexity index is 1330. The average Bonchev–Trinajstić information content (AvgIpc) is 3.28. The minimum Gasteiger partial charge on any atom is -0.408 e. The van der Waals surface area contributed by atoms with Gasteiger partial charge in [0, 0.05) is 25.2 Å². The molecule has 3 heterocycles. The highest BCUT2D eigenvalue weighted by Crippen LogP contribution is 2.40. The Labute approximate surface area is 238 Å². The third-order valence-corrected chi connectivity index (χ3v) is 9.04. The van der Waals surface area contributed by atoms with E-state index in [9.17, 15) is 9.59 Å². The molecule has 2 atom stereocenters. The Morgan fingerprint density at radius 2 is 1.75 bits per heavy atom. The van der Waals surface area contributed by atoms with Crippen LogP contribution in [0.5, 0.6) is 0 Å². The van der Waals surface area contributed by atoms with E-state index < -0.39 is 0 Å². The lowest BCUT2D eigenvalue weighted by molar-refractivity contribution is 0.0788. The number of oxazole rings is 1. The number of fused-ring (bicyclic) bond motifs is 1. The number of carbonyl (C=O) groups is 1. The molecule has 0 aliphatic carbocycles. The maximum absolute atomic E-state index is 13.3. The van der Waals surface area contributed by atoms with Crippen LogP contribution in [-0.2, 0) is 6.42 Å². The second-order valence-corrected chi connectivity index (χ2v) is 13.0. The highest BCUT2D eigenvalue weighted by Gasteiger charge is 2.39. The lowest BCUT2D eigenvalue weighted by Crippen LogP contribution is -2.54. The minimum absolute atomic E-state index is 0.0442. The summed E-state index contributed by atoms with van der Waals surface area (Å²) in [6.45, 7) is 10.1. The van der Waals surface area contributed by atoms with Crippen molar-refractivity contribution >= 4 is 17.1 Å². The van der Waals surface area contributed by atoms with E-state index in [1.165, 1.54) is 11.1 Å². The Balaban J connectivity index is 1.22. The number of hydrogen-bond donors (Lipinski definition) is 1. The van der Waals surface area contributed by atoms with Crippen LogP contribution in [-0.4, -0.2) is 59.7 Å². The molecule has 0 saturated carbocycles. The molecule has 2 saturated heterocycles. The number of benzene rings is 2. The van der Waals surface area contributed by atoms with E-state index in [-0.39, 0.29) is 29.3 Å². The Morgan fingerprint density at radius 3 is 2.48 bits per heavy atom. The molecule has 3 aromatic rings. The van der Waals surface area contributed by atoms with Crippen molar-refractivity contribution in [3.63, 3.8) is 0 Å². The Hall–Kier alpha value is -3.06. The summed E-state index contributed by atoms with van der Waals surface area (Å²) in [6.07, 6.45) is 6.81. The van der Waals surface area contributed by atoms with Crippen LogP contribution in [0.25, 0.3) is 11.1 Å². The number of nitrogens with one attached hydrogen (secondary N) is 1. The fourth-order valence-corrected chi connectivity index (χ4v) is 6.63. The van der Waals surface area contributed by atoms with E-state index in [0.717, 1.165) is 70.1 Å². The van der Waals surface area contributed by atoms with Gasteiger partial charge in [0.05, 0.1) is 5.52 Å². The van der Waals surface area contributed by atoms with Crippen molar-refractivity contribution in [3.05, 3.63) is 70.2 Å². The van der Waals surface area contributed by atoms with Crippen molar-refractivity contribution in [1.82, 2.24) is 19.7 Å². The van der Waals surface area contributed by atoms with Crippen molar-refractivity contribution in [3.8, 4) is 0 Å². The van der Waals surface area contributed by atoms with E-state index in [1.54, 1.807) is 0 Å². The molecule has 1 aromatic heterocycles. The number of aromatic nitrogens is 1. The molecule has 2 aromatic carbocycles. The van der Waals surface area contributed by atoms with Gasteiger partial charge in [0.25, 0.3) is 0 Å². The smallest absolute Gasteiger partial charge is 0.408 e. The van der Waals surface area contributed by atoms with Gasteiger partial charge in [-0.2, -0.15) is 0 Å². The summed E-state index contributed by atoms with van der Waals surface area (Å²) in [5.74, 6) is 0.0741. The predicted molar refractivity (Wildman–Crippen MR) is 161 cm³/mol. The Morgan fingerprint density at radius 1 is 1.00 bits per heavy atom. The minimum atomic E-state index is -0.246. The van der Waals surface area contributed by atoms with Gasteiger partial charge in [0.15, 0.2) is 5.58 Å². The van der Waals surface area contributed by atoms with Gasteiger partial charge in [-0.15, -0.1) is 0 Å². The normalized spacial score (nSPS) is 21.1. The number of urea groups is 1. The van der Waals surface area contributed by atoms with E-state index in [1.807, 2.05) is 10.6 Å². The first kappa shape index (κ1) is 28.5. The average molecular weight is 547 g/mol. The zero-order chi connectivity index (χ0) is 28.3. The van der Waals surface area contributed by atoms with Crippen LogP contribution in [0.15, 0.2) is 57.7 Å². The number of nitrogens with zero attached hydrogens (tertiary/aromatic N) is 3. The summed E-state index contributed by atoms with van der Waals surface area (Å²) in [7, 11) is 2.13. The summed E-state index contributed by atoms with van der Waals surface area (Å²) < 4.78 is 7.65.